The normalized spacial score (nSPS) is 28.4. The fourth-order valence-electron chi connectivity index (χ4n) is 4.72. The van der Waals surface area contributed by atoms with Gasteiger partial charge in [0.2, 0.25) is 12.2 Å². The molecule has 2 aliphatic rings. The van der Waals surface area contributed by atoms with E-state index in [1.165, 1.54) is 0 Å². The predicted octanol–water partition coefficient (Wildman–Crippen LogP) is 0.984. The zero-order valence-electron chi connectivity index (χ0n) is 20.0. The maximum Gasteiger partial charge on any atom is 0.239 e. The number of pyridine rings is 1. The number of hydrogen-bond donors (Lipinski definition) is 4. The summed E-state index contributed by atoms with van der Waals surface area (Å²) in [5.41, 5.74) is 4.84. The highest BCUT2D eigenvalue weighted by Crippen LogP contribution is 2.32. The topological polar surface area (TPSA) is 139 Å². The molecular weight excluding hydrogens is 466 g/mol. The van der Waals surface area contributed by atoms with Crippen molar-refractivity contribution in [2.24, 2.45) is 0 Å². The second-order valence-corrected chi connectivity index (χ2v) is 9.26. The molecule has 10 heteroatoms. The first-order chi connectivity index (χ1) is 17.5. The fourth-order valence-corrected chi connectivity index (χ4v) is 4.72. The van der Waals surface area contributed by atoms with E-state index in [-0.39, 0.29) is 11.9 Å². The molecular formula is C26H31N3O7. The molecule has 0 saturated carbocycles. The van der Waals surface area contributed by atoms with E-state index in [2.05, 4.69) is 10.1 Å². The van der Waals surface area contributed by atoms with Crippen LogP contribution >= 0.6 is 0 Å². The number of ether oxygens (including phenoxy) is 3. The van der Waals surface area contributed by atoms with E-state index in [1.807, 2.05) is 54.2 Å². The standard InChI is InChI=1S/C26H31N3O7/c1-15-20(11-16-4-6-17(7-5-16)18-3-2-9-27-12-18)25(28-29(15)19-8-10-34-14-19)36-26-24(33)23(32)22(31)21(13-30)35-26/h2-7,9,12,19,21-24,26,30-33H,8,10-11,13-14H2,1H3/t19?,21-,22-,23+,24-,26+/m1/s1. The first kappa shape index (κ1) is 24.8. The Morgan fingerprint density at radius 2 is 1.86 bits per heavy atom. The first-order valence-corrected chi connectivity index (χ1v) is 12.1. The van der Waals surface area contributed by atoms with Gasteiger partial charge < -0.3 is 34.6 Å². The maximum absolute atomic E-state index is 10.5. The molecule has 1 unspecified atom stereocenters. The van der Waals surface area contributed by atoms with Crippen LogP contribution < -0.4 is 4.74 Å². The highest BCUT2D eigenvalue weighted by molar-refractivity contribution is 5.62. The molecule has 10 nitrogen and oxygen atoms in total. The van der Waals surface area contributed by atoms with Crippen molar-refractivity contribution in [2.45, 2.75) is 56.5 Å². The Kier molecular flexibility index (Phi) is 7.33. The SMILES string of the molecule is Cc1c(Cc2ccc(-c3cccnc3)cc2)c(O[C@@H]2O[C@H](CO)[C@@H](O)[C@H](O)[C@H]2O)nn1C1CCOC1. The molecule has 3 aromatic rings. The van der Waals surface area contributed by atoms with Crippen LogP contribution in [0.5, 0.6) is 5.88 Å². The molecule has 0 bridgehead atoms. The van der Waals surface area contributed by atoms with Crippen molar-refractivity contribution >= 4 is 0 Å². The summed E-state index contributed by atoms with van der Waals surface area (Å²) in [6.45, 7) is 2.62. The molecule has 4 heterocycles. The van der Waals surface area contributed by atoms with E-state index in [0.29, 0.717) is 19.6 Å². The zero-order chi connectivity index (χ0) is 25.2. The minimum Gasteiger partial charge on any atom is -0.443 e. The number of aromatic nitrogens is 3. The quantitative estimate of drug-likeness (QED) is 0.376. The van der Waals surface area contributed by atoms with Crippen LogP contribution in [0.15, 0.2) is 48.8 Å². The van der Waals surface area contributed by atoms with Crippen molar-refractivity contribution in [3.8, 4) is 17.0 Å². The minimum atomic E-state index is -1.53. The summed E-state index contributed by atoms with van der Waals surface area (Å²) in [5, 5.41) is 45.0. The molecule has 4 N–H and O–H groups in total. The van der Waals surface area contributed by atoms with E-state index >= 15 is 0 Å². The van der Waals surface area contributed by atoms with E-state index in [9.17, 15) is 20.4 Å². The van der Waals surface area contributed by atoms with Gasteiger partial charge in [-0.15, -0.1) is 5.10 Å². The van der Waals surface area contributed by atoms with Gasteiger partial charge in [0, 0.05) is 36.7 Å². The molecule has 2 fully saturated rings. The van der Waals surface area contributed by atoms with Crippen molar-refractivity contribution in [3.63, 3.8) is 0 Å². The molecule has 1 aromatic carbocycles. The summed E-state index contributed by atoms with van der Waals surface area (Å²) in [5.74, 6) is 0.264. The second kappa shape index (κ2) is 10.6. The van der Waals surface area contributed by atoms with Crippen LogP contribution in [0.1, 0.15) is 29.3 Å². The van der Waals surface area contributed by atoms with Gasteiger partial charge in [0.15, 0.2) is 0 Å². The van der Waals surface area contributed by atoms with E-state index in [0.717, 1.165) is 34.4 Å². The Morgan fingerprint density at radius 3 is 2.53 bits per heavy atom. The van der Waals surface area contributed by atoms with E-state index in [4.69, 9.17) is 14.2 Å². The molecule has 6 atom stereocenters. The third-order valence-electron chi connectivity index (χ3n) is 6.89. The Balaban J connectivity index is 1.43. The monoisotopic (exact) mass is 497 g/mol. The summed E-state index contributed by atoms with van der Waals surface area (Å²) in [7, 11) is 0. The molecule has 2 aromatic heterocycles. The van der Waals surface area contributed by atoms with Crippen LogP contribution in [0, 0.1) is 6.92 Å². The van der Waals surface area contributed by atoms with Crippen LogP contribution in [0.25, 0.3) is 11.1 Å². The molecule has 192 valence electrons. The summed E-state index contributed by atoms with van der Waals surface area (Å²) < 4.78 is 19.0. The smallest absolute Gasteiger partial charge is 0.239 e. The van der Waals surface area contributed by atoms with E-state index in [1.54, 1.807) is 6.20 Å². The zero-order valence-corrected chi connectivity index (χ0v) is 20.0. The Bertz CT molecular complexity index is 1150. The average Bonchev–Trinajstić information content (AvgIpc) is 3.54. The van der Waals surface area contributed by atoms with Crippen molar-refractivity contribution in [1.82, 2.24) is 14.8 Å². The number of benzene rings is 1. The van der Waals surface area contributed by atoms with E-state index < -0.39 is 37.3 Å². The van der Waals surface area contributed by atoms with Gasteiger partial charge in [-0.25, -0.2) is 0 Å². The van der Waals surface area contributed by atoms with Crippen LogP contribution in [-0.2, 0) is 15.9 Å². The van der Waals surface area contributed by atoms with Crippen molar-refractivity contribution in [1.29, 1.82) is 0 Å². The molecule has 2 saturated heterocycles. The fraction of sp³-hybridized carbons (Fsp3) is 0.462. The number of nitrogens with zero attached hydrogens (tertiary/aromatic N) is 3. The molecule has 2 aliphatic heterocycles. The third-order valence-corrected chi connectivity index (χ3v) is 6.89. The third kappa shape index (κ3) is 4.88. The molecule has 0 amide bonds. The van der Waals surface area contributed by atoms with Gasteiger partial charge in [-0.1, -0.05) is 30.3 Å². The summed E-state index contributed by atoms with van der Waals surface area (Å²) in [6.07, 6.45) is -1.99. The molecule has 0 radical (unpaired) electrons. The molecule has 0 spiro atoms. The average molecular weight is 498 g/mol. The van der Waals surface area contributed by atoms with Crippen molar-refractivity contribution < 1.29 is 34.6 Å². The summed E-state index contributed by atoms with van der Waals surface area (Å²) in [6, 6.07) is 12.1. The van der Waals surface area contributed by atoms with Crippen LogP contribution in [0.4, 0.5) is 0 Å². The highest BCUT2D eigenvalue weighted by atomic mass is 16.7. The van der Waals surface area contributed by atoms with Crippen LogP contribution in [-0.4, -0.2) is 85.7 Å². The van der Waals surface area contributed by atoms with Gasteiger partial charge in [0.25, 0.3) is 0 Å². The predicted molar refractivity (Wildman–Crippen MR) is 128 cm³/mol. The Hall–Kier alpha value is -2.86. The van der Waals surface area contributed by atoms with Gasteiger partial charge >= 0.3 is 0 Å². The lowest BCUT2D eigenvalue weighted by Crippen LogP contribution is -2.60. The number of aliphatic hydroxyl groups is 4. The van der Waals surface area contributed by atoms with Crippen molar-refractivity contribution in [3.05, 3.63) is 65.6 Å². The lowest BCUT2D eigenvalue weighted by molar-refractivity contribution is -0.278. The van der Waals surface area contributed by atoms with Crippen LogP contribution in [0.2, 0.25) is 0 Å². The Morgan fingerprint density at radius 1 is 1.06 bits per heavy atom. The molecule has 5 rings (SSSR count). The lowest BCUT2D eigenvalue weighted by Gasteiger charge is -2.39. The first-order valence-electron chi connectivity index (χ1n) is 12.1. The van der Waals surface area contributed by atoms with Gasteiger partial charge in [-0.2, -0.15) is 0 Å². The summed E-state index contributed by atoms with van der Waals surface area (Å²) >= 11 is 0. The summed E-state index contributed by atoms with van der Waals surface area (Å²) in [4.78, 5) is 4.18. The van der Waals surface area contributed by atoms with Gasteiger partial charge in [0.1, 0.15) is 24.4 Å². The lowest BCUT2D eigenvalue weighted by atomic mass is 9.99. The second-order valence-electron chi connectivity index (χ2n) is 9.26. The number of aliphatic hydroxyl groups excluding tert-OH is 4. The highest BCUT2D eigenvalue weighted by Gasteiger charge is 2.45. The largest absolute Gasteiger partial charge is 0.443 e. The number of hydrogen-bond acceptors (Lipinski definition) is 9. The van der Waals surface area contributed by atoms with Gasteiger partial charge in [0.05, 0.1) is 19.3 Å². The minimum absolute atomic E-state index is 0.0591. The number of rotatable bonds is 7. The van der Waals surface area contributed by atoms with Gasteiger partial charge in [-0.05, 0) is 36.1 Å². The van der Waals surface area contributed by atoms with Gasteiger partial charge in [-0.3, -0.25) is 9.67 Å². The molecule has 36 heavy (non-hydrogen) atoms. The Labute approximate surface area is 208 Å². The van der Waals surface area contributed by atoms with Crippen LogP contribution in [0.3, 0.4) is 0 Å². The molecule has 0 aliphatic carbocycles. The maximum atomic E-state index is 10.5. The van der Waals surface area contributed by atoms with Crippen molar-refractivity contribution in [2.75, 3.05) is 19.8 Å².